The Labute approximate surface area is 181 Å². The van der Waals surface area contributed by atoms with E-state index in [0.717, 1.165) is 48.2 Å². The maximum absolute atomic E-state index is 11.5. The summed E-state index contributed by atoms with van der Waals surface area (Å²) < 4.78 is 0. The van der Waals surface area contributed by atoms with Gasteiger partial charge in [-0.3, -0.25) is 14.6 Å². The Morgan fingerprint density at radius 3 is 2.48 bits per heavy atom. The van der Waals surface area contributed by atoms with Gasteiger partial charge in [0.1, 0.15) is 12.4 Å². The van der Waals surface area contributed by atoms with Crippen molar-refractivity contribution in [2.24, 2.45) is 0 Å². The van der Waals surface area contributed by atoms with E-state index in [1.165, 1.54) is 7.05 Å². The van der Waals surface area contributed by atoms with Crippen LogP contribution in [0.2, 0.25) is 0 Å². The third kappa shape index (κ3) is 5.93. The molecule has 0 spiro atoms. The van der Waals surface area contributed by atoms with Crippen molar-refractivity contribution in [3.05, 3.63) is 48.0 Å². The highest BCUT2D eigenvalue weighted by Gasteiger charge is 2.21. The molecule has 1 aliphatic rings. The first-order chi connectivity index (χ1) is 15.0. The molecule has 2 aromatic rings. The summed E-state index contributed by atoms with van der Waals surface area (Å²) in [5, 5.41) is 20.7. The van der Waals surface area contributed by atoms with Crippen LogP contribution in [0, 0.1) is 11.3 Å². The summed E-state index contributed by atoms with van der Waals surface area (Å²) in [6, 6.07) is 15.4. The summed E-state index contributed by atoms with van der Waals surface area (Å²) in [6.45, 7) is 3.86. The molecule has 0 saturated carbocycles. The standard InChI is InChI=1S/C22H26N6O3/c1-24-21(29)16-28(22(30)31)14-11-26-9-12-27(13-10-26)20-4-2-3-19(25-20)18-7-5-17(15-23)6-8-18/h2-8H,9-14,16H2,1H3,(H,24,29)(H,30,31). The fourth-order valence-corrected chi connectivity index (χ4v) is 3.43. The average molecular weight is 422 g/mol. The molecule has 0 bridgehead atoms. The van der Waals surface area contributed by atoms with Crippen LogP contribution in [0.25, 0.3) is 11.3 Å². The number of carboxylic acid groups (broad SMARTS) is 1. The van der Waals surface area contributed by atoms with E-state index in [4.69, 9.17) is 10.2 Å². The van der Waals surface area contributed by atoms with E-state index >= 15 is 0 Å². The van der Waals surface area contributed by atoms with E-state index in [-0.39, 0.29) is 19.0 Å². The molecular formula is C22H26N6O3. The molecule has 0 radical (unpaired) electrons. The molecule has 0 unspecified atom stereocenters. The van der Waals surface area contributed by atoms with Crippen molar-refractivity contribution in [1.82, 2.24) is 20.1 Å². The lowest BCUT2D eigenvalue weighted by molar-refractivity contribution is -0.121. The largest absolute Gasteiger partial charge is 0.465 e. The van der Waals surface area contributed by atoms with Crippen molar-refractivity contribution in [3.63, 3.8) is 0 Å². The molecule has 162 valence electrons. The molecule has 2 heterocycles. The number of hydrogen-bond acceptors (Lipinski definition) is 6. The minimum Gasteiger partial charge on any atom is -0.465 e. The predicted octanol–water partition coefficient (Wildman–Crippen LogP) is 1.47. The number of piperazine rings is 1. The van der Waals surface area contributed by atoms with Crippen LogP contribution in [0.15, 0.2) is 42.5 Å². The minimum absolute atomic E-state index is 0.155. The predicted molar refractivity (Wildman–Crippen MR) is 117 cm³/mol. The summed E-state index contributed by atoms with van der Waals surface area (Å²) in [5.74, 6) is 0.578. The molecule has 0 aliphatic carbocycles. The highest BCUT2D eigenvalue weighted by atomic mass is 16.4. The van der Waals surface area contributed by atoms with Gasteiger partial charge in [-0.05, 0) is 24.3 Å². The number of anilines is 1. The van der Waals surface area contributed by atoms with E-state index in [1.54, 1.807) is 12.1 Å². The highest BCUT2D eigenvalue weighted by Crippen LogP contribution is 2.22. The molecule has 1 aromatic carbocycles. The fourth-order valence-electron chi connectivity index (χ4n) is 3.43. The average Bonchev–Trinajstić information content (AvgIpc) is 2.81. The van der Waals surface area contributed by atoms with Crippen molar-refractivity contribution in [2.75, 3.05) is 57.8 Å². The SMILES string of the molecule is CNC(=O)CN(CCN1CCN(c2cccc(-c3ccc(C#N)cc3)n2)CC1)C(=O)O. The summed E-state index contributed by atoms with van der Waals surface area (Å²) in [7, 11) is 1.49. The number of carbonyl (C=O) groups excluding carboxylic acids is 1. The lowest BCUT2D eigenvalue weighted by Crippen LogP contribution is -2.50. The number of amides is 2. The smallest absolute Gasteiger partial charge is 0.407 e. The normalized spacial score (nSPS) is 14.0. The van der Waals surface area contributed by atoms with E-state index in [0.29, 0.717) is 12.1 Å². The van der Waals surface area contributed by atoms with E-state index in [1.807, 2.05) is 30.3 Å². The summed E-state index contributed by atoms with van der Waals surface area (Å²) in [4.78, 5) is 33.1. The topological polar surface area (TPSA) is 113 Å². The quantitative estimate of drug-likeness (QED) is 0.695. The number of pyridine rings is 1. The van der Waals surface area contributed by atoms with Crippen LogP contribution in [0.4, 0.5) is 10.6 Å². The molecule has 1 aliphatic heterocycles. The van der Waals surface area contributed by atoms with Gasteiger partial charge in [0.15, 0.2) is 0 Å². The first kappa shape index (κ1) is 22.1. The van der Waals surface area contributed by atoms with Gasteiger partial charge in [0, 0.05) is 51.9 Å². The van der Waals surface area contributed by atoms with Crippen LogP contribution in [0.3, 0.4) is 0 Å². The molecule has 1 aromatic heterocycles. The highest BCUT2D eigenvalue weighted by molar-refractivity contribution is 5.81. The Hall–Kier alpha value is -3.64. The monoisotopic (exact) mass is 422 g/mol. The Bertz CT molecular complexity index is 948. The Kier molecular flexibility index (Phi) is 7.40. The van der Waals surface area contributed by atoms with Crippen LogP contribution >= 0.6 is 0 Å². The van der Waals surface area contributed by atoms with E-state index in [2.05, 4.69) is 21.2 Å². The van der Waals surface area contributed by atoms with Gasteiger partial charge in [-0.1, -0.05) is 18.2 Å². The van der Waals surface area contributed by atoms with Crippen molar-refractivity contribution in [2.45, 2.75) is 0 Å². The Morgan fingerprint density at radius 1 is 1.16 bits per heavy atom. The summed E-state index contributed by atoms with van der Waals surface area (Å²) in [6.07, 6.45) is -1.09. The van der Waals surface area contributed by atoms with Gasteiger partial charge in [0.25, 0.3) is 0 Å². The van der Waals surface area contributed by atoms with Gasteiger partial charge >= 0.3 is 6.09 Å². The van der Waals surface area contributed by atoms with Crippen LogP contribution < -0.4 is 10.2 Å². The van der Waals surface area contributed by atoms with Crippen LogP contribution in [0.5, 0.6) is 0 Å². The summed E-state index contributed by atoms with van der Waals surface area (Å²) >= 11 is 0. The molecule has 9 nitrogen and oxygen atoms in total. The van der Waals surface area contributed by atoms with Crippen molar-refractivity contribution in [1.29, 1.82) is 5.26 Å². The second-order valence-corrected chi connectivity index (χ2v) is 7.28. The first-order valence-corrected chi connectivity index (χ1v) is 10.1. The third-order valence-corrected chi connectivity index (χ3v) is 5.31. The zero-order chi connectivity index (χ0) is 22.2. The van der Waals surface area contributed by atoms with Crippen LogP contribution in [-0.4, -0.2) is 84.8 Å². The number of carbonyl (C=O) groups is 2. The molecule has 1 fully saturated rings. The fraction of sp³-hybridized carbons (Fsp3) is 0.364. The number of benzene rings is 1. The minimum atomic E-state index is -1.09. The zero-order valence-corrected chi connectivity index (χ0v) is 17.5. The van der Waals surface area contributed by atoms with Gasteiger partial charge in [0.2, 0.25) is 5.91 Å². The van der Waals surface area contributed by atoms with Crippen LogP contribution in [-0.2, 0) is 4.79 Å². The van der Waals surface area contributed by atoms with Gasteiger partial charge in [-0.2, -0.15) is 5.26 Å². The second-order valence-electron chi connectivity index (χ2n) is 7.28. The molecule has 2 N–H and O–H groups in total. The Morgan fingerprint density at radius 2 is 1.87 bits per heavy atom. The zero-order valence-electron chi connectivity index (χ0n) is 17.5. The van der Waals surface area contributed by atoms with Crippen molar-refractivity contribution < 1.29 is 14.7 Å². The molecule has 2 amide bonds. The number of nitrogens with one attached hydrogen (secondary N) is 1. The summed E-state index contributed by atoms with van der Waals surface area (Å²) in [5.41, 5.74) is 2.44. The molecule has 9 heteroatoms. The van der Waals surface area contributed by atoms with Gasteiger partial charge in [0.05, 0.1) is 17.3 Å². The molecule has 31 heavy (non-hydrogen) atoms. The maximum atomic E-state index is 11.5. The number of nitrogens with zero attached hydrogens (tertiary/aromatic N) is 5. The number of aromatic nitrogens is 1. The number of likely N-dealkylation sites (N-methyl/N-ethyl adjacent to an activating group) is 1. The van der Waals surface area contributed by atoms with Gasteiger partial charge in [-0.25, -0.2) is 9.78 Å². The van der Waals surface area contributed by atoms with E-state index in [9.17, 15) is 14.7 Å². The lowest BCUT2D eigenvalue weighted by Gasteiger charge is -2.36. The second kappa shape index (κ2) is 10.4. The first-order valence-electron chi connectivity index (χ1n) is 10.1. The molecular weight excluding hydrogens is 396 g/mol. The number of nitriles is 1. The van der Waals surface area contributed by atoms with Crippen molar-refractivity contribution >= 4 is 17.8 Å². The molecule has 0 atom stereocenters. The van der Waals surface area contributed by atoms with Crippen LogP contribution in [0.1, 0.15) is 5.56 Å². The van der Waals surface area contributed by atoms with Gasteiger partial charge < -0.3 is 15.3 Å². The number of rotatable bonds is 7. The van der Waals surface area contributed by atoms with Crippen molar-refractivity contribution in [3.8, 4) is 17.3 Å². The Balaban J connectivity index is 1.55. The lowest BCUT2D eigenvalue weighted by atomic mass is 10.1. The molecule has 1 saturated heterocycles. The van der Waals surface area contributed by atoms with Gasteiger partial charge in [-0.15, -0.1) is 0 Å². The third-order valence-electron chi connectivity index (χ3n) is 5.31. The molecule has 3 rings (SSSR count). The number of hydrogen-bond donors (Lipinski definition) is 2. The van der Waals surface area contributed by atoms with E-state index < -0.39 is 6.09 Å². The maximum Gasteiger partial charge on any atom is 0.407 e.